The molecule has 0 amide bonds. The molecule has 1 aliphatic heterocycles. The Bertz CT molecular complexity index is 470. The molecule has 1 aromatic carbocycles. The van der Waals surface area contributed by atoms with E-state index in [0.29, 0.717) is 18.8 Å². The molecule has 0 radical (unpaired) electrons. The van der Waals surface area contributed by atoms with Gasteiger partial charge in [0.15, 0.2) is 0 Å². The molecule has 17 heavy (non-hydrogen) atoms. The van der Waals surface area contributed by atoms with Crippen LogP contribution in [0.4, 0.5) is 0 Å². The fourth-order valence-electron chi connectivity index (χ4n) is 1.51. The van der Waals surface area contributed by atoms with Gasteiger partial charge in [0.25, 0.3) is 0 Å². The molecule has 0 aliphatic carbocycles. The molecule has 1 heterocycles. The molecule has 2 rings (SSSR count). The van der Waals surface area contributed by atoms with E-state index in [9.17, 15) is 4.79 Å². The van der Waals surface area contributed by atoms with E-state index in [1.807, 2.05) is 17.0 Å². The number of Topliss-reactive ketones (excluding diaryl/α,β-unsaturated/α-hetero) is 1. The molecule has 1 aromatic rings. The molecule has 0 spiro atoms. The van der Waals surface area contributed by atoms with Crippen LogP contribution in [-0.4, -0.2) is 37.0 Å². The van der Waals surface area contributed by atoms with Crippen LogP contribution in [0.3, 0.4) is 0 Å². The Morgan fingerprint density at radius 1 is 1.35 bits per heavy atom. The summed E-state index contributed by atoms with van der Waals surface area (Å²) in [5.41, 5.74) is 0.611. The monoisotopic (exact) mass is 293 g/mol. The quantitative estimate of drug-likeness (QED) is 0.585. The molecule has 1 aliphatic rings. The van der Waals surface area contributed by atoms with Crippen LogP contribution in [-0.2, 0) is 4.74 Å². The maximum Gasteiger partial charge on any atom is 0.237 e. The number of hydrogen-bond donors (Lipinski definition) is 0. The number of nitrogens with zero attached hydrogens (tertiary/aromatic N) is 1. The van der Waals surface area contributed by atoms with E-state index >= 15 is 0 Å². The van der Waals surface area contributed by atoms with E-state index in [2.05, 4.69) is 27.9 Å². The van der Waals surface area contributed by atoms with Crippen molar-refractivity contribution in [2.45, 2.75) is 0 Å². The third kappa shape index (κ3) is 3.58. The summed E-state index contributed by atoms with van der Waals surface area (Å²) in [4.78, 5) is 13.7. The molecule has 0 N–H and O–H groups in total. The number of carbonyl (C=O) groups excluding carboxylic acids is 1. The first-order valence-electron chi connectivity index (χ1n) is 5.40. The molecular formula is C13H12BrNO2. The zero-order valence-electron chi connectivity index (χ0n) is 9.28. The van der Waals surface area contributed by atoms with E-state index in [0.717, 1.165) is 17.6 Å². The highest BCUT2D eigenvalue weighted by molar-refractivity contribution is 9.10. The zero-order valence-corrected chi connectivity index (χ0v) is 10.9. The summed E-state index contributed by atoms with van der Waals surface area (Å²) in [6.45, 7) is 2.89. The Balaban J connectivity index is 2.03. The molecule has 0 bridgehead atoms. The van der Waals surface area contributed by atoms with Gasteiger partial charge < -0.3 is 9.64 Å². The summed E-state index contributed by atoms with van der Waals surface area (Å²) in [6, 6.07) is 10.1. The second-order valence-corrected chi connectivity index (χ2v) is 4.59. The zero-order chi connectivity index (χ0) is 12.1. The molecule has 4 heteroatoms. The average molecular weight is 294 g/mol. The Kier molecular flexibility index (Phi) is 4.18. The van der Waals surface area contributed by atoms with Crippen molar-refractivity contribution < 1.29 is 9.53 Å². The maximum atomic E-state index is 11.8. The van der Waals surface area contributed by atoms with Gasteiger partial charge in [-0.25, -0.2) is 0 Å². The van der Waals surface area contributed by atoms with Crippen molar-refractivity contribution >= 4 is 21.7 Å². The minimum Gasteiger partial charge on any atom is -0.378 e. The average Bonchev–Trinajstić information content (AvgIpc) is 2.37. The third-order valence-electron chi connectivity index (χ3n) is 2.43. The van der Waals surface area contributed by atoms with Gasteiger partial charge in [0.1, 0.15) is 0 Å². The van der Waals surface area contributed by atoms with E-state index in [1.54, 1.807) is 12.1 Å². The smallest absolute Gasteiger partial charge is 0.237 e. The molecule has 0 atom stereocenters. The first-order valence-corrected chi connectivity index (χ1v) is 6.19. The number of ether oxygens (including phenoxy) is 1. The lowest BCUT2D eigenvalue weighted by Gasteiger charge is -2.22. The van der Waals surface area contributed by atoms with Crippen LogP contribution in [0.25, 0.3) is 0 Å². The highest BCUT2D eigenvalue weighted by atomic mass is 79.9. The molecule has 3 nitrogen and oxygen atoms in total. The lowest BCUT2D eigenvalue weighted by Crippen LogP contribution is -2.32. The van der Waals surface area contributed by atoms with Crippen molar-refractivity contribution in [3.8, 4) is 12.0 Å². The SMILES string of the molecule is O=C(C#CN1CCOCC1)c1cccc(Br)c1. The fraction of sp³-hybridized carbons (Fsp3) is 0.308. The maximum absolute atomic E-state index is 11.8. The summed E-state index contributed by atoms with van der Waals surface area (Å²) in [7, 11) is 0. The first kappa shape index (κ1) is 12.2. The van der Waals surface area contributed by atoms with Crippen LogP contribution in [0, 0.1) is 12.0 Å². The minimum absolute atomic E-state index is 0.155. The van der Waals surface area contributed by atoms with Gasteiger partial charge in [0.2, 0.25) is 5.78 Å². The lowest BCUT2D eigenvalue weighted by molar-refractivity contribution is 0.0637. The number of benzene rings is 1. The van der Waals surface area contributed by atoms with Crippen LogP contribution in [0.15, 0.2) is 28.7 Å². The highest BCUT2D eigenvalue weighted by Crippen LogP contribution is 2.11. The van der Waals surface area contributed by atoms with Crippen molar-refractivity contribution in [2.24, 2.45) is 0 Å². The van der Waals surface area contributed by atoms with Gasteiger partial charge in [-0.3, -0.25) is 4.79 Å². The molecule has 0 unspecified atom stereocenters. The Morgan fingerprint density at radius 3 is 2.82 bits per heavy atom. The molecule has 0 aromatic heterocycles. The predicted molar refractivity (Wildman–Crippen MR) is 68.6 cm³/mol. The van der Waals surface area contributed by atoms with Gasteiger partial charge in [-0.2, -0.15) is 0 Å². The van der Waals surface area contributed by atoms with E-state index in [-0.39, 0.29) is 5.78 Å². The fourth-order valence-corrected chi connectivity index (χ4v) is 1.91. The second kappa shape index (κ2) is 5.85. The van der Waals surface area contributed by atoms with Gasteiger partial charge in [0.05, 0.1) is 13.2 Å². The van der Waals surface area contributed by atoms with Crippen LogP contribution >= 0.6 is 15.9 Å². The summed E-state index contributed by atoms with van der Waals surface area (Å²) in [6.07, 6.45) is 0. The van der Waals surface area contributed by atoms with Gasteiger partial charge in [-0.1, -0.05) is 28.1 Å². The van der Waals surface area contributed by atoms with Crippen molar-refractivity contribution in [3.05, 3.63) is 34.3 Å². The normalized spacial score (nSPS) is 15.0. The summed E-state index contributed by atoms with van der Waals surface area (Å²) in [5.74, 6) is 2.50. The first-order chi connectivity index (χ1) is 8.25. The van der Waals surface area contributed by atoms with Crippen LogP contribution in [0.1, 0.15) is 10.4 Å². The Morgan fingerprint density at radius 2 is 2.12 bits per heavy atom. The lowest BCUT2D eigenvalue weighted by atomic mass is 10.1. The van der Waals surface area contributed by atoms with Gasteiger partial charge in [-0.15, -0.1) is 0 Å². The highest BCUT2D eigenvalue weighted by Gasteiger charge is 2.07. The Labute approximate surface area is 109 Å². The van der Waals surface area contributed by atoms with Crippen LogP contribution in [0.2, 0.25) is 0 Å². The standard InChI is InChI=1S/C13H12BrNO2/c14-12-3-1-2-11(10-12)13(16)4-5-15-6-8-17-9-7-15/h1-3,10H,6-9H2. The summed E-state index contributed by atoms with van der Waals surface area (Å²) >= 11 is 3.33. The van der Waals surface area contributed by atoms with E-state index < -0.39 is 0 Å². The number of carbonyl (C=O) groups is 1. The molecule has 88 valence electrons. The molecule has 0 saturated carbocycles. The van der Waals surface area contributed by atoms with Gasteiger partial charge in [0, 0.05) is 29.2 Å². The Hall–Kier alpha value is -1.31. The largest absolute Gasteiger partial charge is 0.378 e. The van der Waals surface area contributed by atoms with Gasteiger partial charge >= 0.3 is 0 Å². The van der Waals surface area contributed by atoms with Crippen molar-refractivity contribution in [1.82, 2.24) is 4.90 Å². The number of ketones is 1. The summed E-state index contributed by atoms with van der Waals surface area (Å²) in [5, 5.41) is 0. The second-order valence-electron chi connectivity index (χ2n) is 3.68. The van der Waals surface area contributed by atoms with Crippen molar-refractivity contribution in [2.75, 3.05) is 26.3 Å². The van der Waals surface area contributed by atoms with Gasteiger partial charge in [-0.05, 0) is 18.1 Å². The molecular weight excluding hydrogens is 282 g/mol. The van der Waals surface area contributed by atoms with E-state index in [4.69, 9.17) is 4.74 Å². The van der Waals surface area contributed by atoms with Crippen LogP contribution in [0.5, 0.6) is 0 Å². The van der Waals surface area contributed by atoms with Crippen LogP contribution < -0.4 is 0 Å². The number of halogens is 1. The molecule has 1 saturated heterocycles. The minimum atomic E-state index is -0.155. The molecule has 1 fully saturated rings. The van der Waals surface area contributed by atoms with Crippen molar-refractivity contribution in [1.29, 1.82) is 0 Å². The number of morpholine rings is 1. The predicted octanol–water partition coefficient (Wildman–Crippen LogP) is 1.92. The van der Waals surface area contributed by atoms with Crippen molar-refractivity contribution in [3.63, 3.8) is 0 Å². The summed E-state index contributed by atoms with van der Waals surface area (Å²) < 4.78 is 6.09. The topological polar surface area (TPSA) is 29.5 Å². The number of hydrogen-bond acceptors (Lipinski definition) is 3. The number of rotatable bonds is 1. The third-order valence-corrected chi connectivity index (χ3v) is 2.92. The van der Waals surface area contributed by atoms with E-state index in [1.165, 1.54) is 0 Å².